The Morgan fingerprint density at radius 2 is 1.88 bits per heavy atom. The molecule has 0 aliphatic carbocycles. The minimum atomic E-state index is -4.50. The predicted octanol–water partition coefficient (Wildman–Crippen LogP) is 4.13. The number of rotatable bonds is 5. The van der Waals surface area contributed by atoms with Crippen LogP contribution in [0.25, 0.3) is 11.3 Å². The van der Waals surface area contributed by atoms with Crippen LogP contribution in [-0.4, -0.2) is 21.3 Å². The van der Waals surface area contributed by atoms with E-state index in [2.05, 4.69) is 25.9 Å². The first-order chi connectivity index (χ1) is 15.4. The molecule has 0 bridgehead atoms. The van der Waals surface area contributed by atoms with Crippen molar-refractivity contribution in [2.75, 3.05) is 10.6 Å². The molecule has 0 saturated carbocycles. The van der Waals surface area contributed by atoms with Gasteiger partial charge in [-0.3, -0.25) is 19.8 Å². The Balaban J connectivity index is 1.35. The molecule has 0 unspecified atom stereocenters. The molecule has 0 fully saturated rings. The van der Waals surface area contributed by atoms with E-state index in [-0.39, 0.29) is 11.6 Å². The van der Waals surface area contributed by atoms with Crippen LogP contribution in [0.15, 0.2) is 77.8 Å². The van der Waals surface area contributed by atoms with Gasteiger partial charge in [-0.2, -0.15) is 13.2 Å². The van der Waals surface area contributed by atoms with Gasteiger partial charge in [0.15, 0.2) is 0 Å². The first-order valence-corrected chi connectivity index (χ1v) is 9.34. The van der Waals surface area contributed by atoms with E-state index in [1.165, 1.54) is 23.0 Å². The standard InChI is InChI=1S/C21H15F3N6O2/c22-21(23,24)16-2-1-3-17(10-16)27-20(31)28-19-13-30(29-32-19)12-14-4-6-15(7-5-14)18-11-25-8-9-26-18/h1-11,13H,12H2,(H-,27,28,29,31)/p+1. The van der Waals surface area contributed by atoms with Crippen LogP contribution < -0.4 is 15.3 Å². The number of hydrogen-bond acceptors (Lipinski definition) is 5. The second-order valence-electron chi connectivity index (χ2n) is 6.71. The fourth-order valence-corrected chi connectivity index (χ4v) is 2.87. The zero-order valence-electron chi connectivity index (χ0n) is 16.4. The molecule has 0 aliphatic heterocycles. The van der Waals surface area contributed by atoms with Crippen LogP contribution in [0.5, 0.6) is 0 Å². The molecule has 8 nitrogen and oxygen atoms in total. The Hall–Kier alpha value is -4.28. The molecule has 0 aliphatic rings. The molecule has 0 spiro atoms. The van der Waals surface area contributed by atoms with E-state index in [1.807, 2.05) is 24.3 Å². The highest BCUT2D eigenvalue weighted by atomic mass is 19.4. The fourth-order valence-electron chi connectivity index (χ4n) is 2.87. The Labute approximate surface area is 179 Å². The van der Waals surface area contributed by atoms with Gasteiger partial charge < -0.3 is 5.32 Å². The summed E-state index contributed by atoms with van der Waals surface area (Å²) in [6.07, 6.45) is 1.85. The number of carbonyl (C=O) groups is 1. The lowest BCUT2D eigenvalue weighted by atomic mass is 10.1. The van der Waals surface area contributed by atoms with E-state index in [1.54, 1.807) is 18.6 Å². The van der Waals surface area contributed by atoms with Gasteiger partial charge in [0.25, 0.3) is 6.20 Å². The monoisotopic (exact) mass is 441 g/mol. The smallest absolute Gasteiger partial charge is 0.308 e. The molecule has 2 amide bonds. The summed E-state index contributed by atoms with van der Waals surface area (Å²) in [7, 11) is 0. The molecule has 2 aromatic carbocycles. The third kappa shape index (κ3) is 5.25. The highest BCUT2D eigenvalue weighted by molar-refractivity contribution is 5.98. The summed E-state index contributed by atoms with van der Waals surface area (Å²) in [5.74, 6) is 0.0330. The second kappa shape index (κ2) is 8.84. The van der Waals surface area contributed by atoms with Gasteiger partial charge in [-0.15, -0.1) is 0 Å². The van der Waals surface area contributed by atoms with Gasteiger partial charge in [0, 0.05) is 29.2 Å². The Kier molecular flexibility index (Phi) is 5.79. The average Bonchev–Trinajstić information content (AvgIpc) is 3.21. The lowest BCUT2D eigenvalue weighted by Gasteiger charge is -2.09. The third-order valence-electron chi connectivity index (χ3n) is 4.35. The molecule has 0 radical (unpaired) electrons. The fraction of sp³-hybridized carbons (Fsp3) is 0.0952. The van der Waals surface area contributed by atoms with Crippen LogP contribution in [0.3, 0.4) is 0 Å². The van der Waals surface area contributed by atoms with E-state index in [9.17, 15) is 18.0 Å². The number of nitrogens with zero attached hydrogens (tertiary/aromatic N) is 4. The van der Waals surface area contributed by atoms with Gasteiger partial charge in [0.2, 0.25) is 11.8 Å². The Bertz CT molecular complexity index is 1210. The second-order valence-corrected chi connectivity index (χ2v) is 6.71. The van der Waals surface area contributed by atoms with Crippen molar-refractivity contribution >= 4 is 17.6 Å². The Morgan fingerprint density at radius 1 is 1.06 bits per heavy atom. The van der Waals surface area contributed by atoms with Crippen LogP contribution in [0, 0.1) is 0 Å². The zero-order chi connectivity index (χ0) is 22.6. The van der Waals surface area contributed by atoms with E-state index in [0.29, 0.717) is 6.54 Å². The van der Waals surface area contributed by atoms with Gasteiger partial charge in [-0.05, 0) is 22.9 Å². The molecule has 2 N–H and O–H groups in total. The number of halogens is 3. The van der Waals surface area contributed by atoms with Crippen LogP contribution in [0.2, 0.25) is 0 Å². The molecule has 2 heterocycles. The maximum absolute atomic E-state index is 12.8. The van der Waals surface area contributed by atoms with Crippen LogP contribution in [0.1, 0.15) is 11.1 Å². The molecule has 32 heavy (non-hydrogen) atoms. The summed E-state index contributed by atoms with van der Waals surface area (Å²) in [5.41, 5.74) is 1.73. The molecule has 0 saturated heterocycles. The summed E-state index contributed by atoms with van der Waals surface area (Å²) in [6, 6.07) is 11.2. The molecule has 2 aromatic heterocycles. The van der Waals surface area contributed by atoms with Crippen molar-refractivity contribution in [1.82, 2.24) is 15.2 Å². The number of nitrogens with one attached hydrogen (secondary N) is 2. The third-order valence-corrected chi connectivity index (χ3v) is 4.35. The maximum Gasteiger partial charge on any atom is 0.416 e. The van der Waals surface area contributed by atoms with E-state index < -0.39 is 17.8 Å². The first-order valence-electron chi connectivity index (χ1n) is 9.34. The SMILES string of the molecule is O=C(Nc1cccc(C(F)(F)F)c1)Nc1c[n+](Cc2ccc(-c3cnccn3)cc2)no1. The Morgan fingerprint density at radius 3 is 2.59 bits per heavy atom. The number of alkyl halides is 3. The molecular weight excluding hydrogens is 425 g/mol. The summed E-state index contributed by atoms with van der Waals surface area (Å²) in [6.45, 7) is 0.376. The number of aromatic nitrogens is 4. The molecule has 4 rings (SSSR count). The van der Waals surface area contributed by atoms with Crippen molar-refractivity contribution in [2.45, 2.75) is 12.7 Å². The highest BCUT2D eigenvalue weighted by Crippen LogP contribution is 2.30. The van der Waals surface area contributed by atoms with E-state index >= 15 is 0 Å². The molecule has 4 aromatic rings. The van der Waals surface area contributed by atoms with Crippen LogP contribution in [0.4, 0.5) is 29.5 Å². The van der Waals surface area contributed by atoms with Gasteiger partial charge >= 0.3 is 18.1 Å². The van der Waals surface area contributed by atoms with Crippen molar-refractivity contribution in [3.05, 3.63) is 84.4 Å². The maximum atomic E-state index is 12.8. The van der Waals surface area contributed by atoms with E-state index in [4.69, 9.17) is 4.52 Å². The van der Waals surface area contributed by atoms with Crippen molar-refractivity contribution in [3.63, 3.8) is 0 Å². The number of anilines is 2. The van der Waals surface area contributed by atoms with Gasteiger partial charge in [0.05, 0.1) is 17.5 Å². The largest absolute Gasteiger partial charge is 0.416 e. The number of urea groups is 1. The lowest BCUT2D eigenvalue weighted by Crippen LogP contribution is -2.35. The molecule has 162 valence electrons. The number of amides is 2. The van der Waals surface area contributed by atoms with Gasteiger partial charge in [0.1, 0.15) is 0 Å². The lowest BCUT2D eigenvalue weighted by molar-refractivity contribution is -0.754. The van der Waals surface area contributed by atoms with E-state index in [0.717, 1.165) is 29.0 Å². The summed E-state index contributed by atoms with van der Waals surface area (Å²) >= 11 is 0. The van der Waals surface area contributed by atoms with Crippen molar-refractivity contribution in [3.8, 4) is 11.3 Å². The normalized spacial score (nSPS) is 11.2. The number of hydrogen-bond donors (Lipinski definition) is 2. The highest BCUT2D eigenvalue weighted by Gasteiger charge is 2.30. The molecule has 11 heteroatoms. The summed E-state index contributed by atoms with van der Waals surface area (Å²) in [4.78, 5) is 20.4. The summed E-state index contributed by atoms with van der Waals surface area (Å²) < 4.78 is 44.9. The minimum Gasteiger partial charge on any atom is -0.308 e. The van der Waals surface area contributed by atoms with Crippen molar-refractivity contribution < 1.29 is 27.2 Å². The van der Waals surface area contributed by atoms with Gasteiger partial charge in [-0.1, -0.05) is 30.3 Å². The quantitative estimate of drug-likeness (QED) is 0.454. The van der Waals surface area contributed by atoms with Gasteiger partial charge in [-0.25, -0.2) is 4.79 Å². The van der Waals surface area contributed by atoms with Crippen molar-refractivity contribution in [1.29, 1.82) is 0 Å². The van der Waals surface area contributed by atoms with Crippen molar-refractivity contribution in [2.24, 2.45) is 0 Å². The summed E-state index contributed by atoms with van der Waals surface area (Å²) in [5, 5.41) is 8.54. The topological polar surface area (TPSA) is 96.8 Å². The zero-order valence-corrected chi connectivity index (χ0v) is 16.4. The first kappa shape index (κ1) is 21.0. The minimum absolute atomic E-state index is 0.00656. The average molecular weight is 441 g/mol. The molecule has 0 atom stereocenters. The number of benzene rings is 2. The predicted molar refractivity (Wildman–Crippen MR) is 107 cm³/mol. The molecular formula is C21H16F3N6O2+. The van der Waals surface area contributed by atoms with Crippen LogP contribution in [-0.2, 0) is 12.7 Å². The van der Waals surface area contributed by atoms with Crippen LogP contribution >= 0.6 is 0 Å². The number of carbonyl (C=O) groups excluding carboxylic acids is 1.